The quantitative estimate of drug-likeness (QED) is 0.677. The second-order valence-electron chi connectivity index (χ2n) is 4.28. The first-order valence-corrected chi connectivity index (χ1v) is 6.40. The molecule has 0 bridgehead atoms. The lowest BCUT2D eigenvalue weighted by Crippen LogP contribution is -2.35. The maximum Gasteiger partial charge on any atom is 0.223 e. The molecule has 0 aromatic carbocycles. The maximum absolute atomic E-state index is 5.65. The molecule has 4 N–H and O–H groups in total. The standard InChI is InChI=1S/C12H24N6/c1-5-18(6-2)8-9(3)15-11-7-10(14-4)16-12(13)17-11/h7,9H,5-6,8H2,1-4H3,(H4,13,14,15,16,17). The van der Waals surface area contributed by atoms with Gasteiger partial charge in [-0.15, -0.1) is 0 Å². The Morgan fingerprint density at radius 2 is 1.89 bits per heavy atom. The number of rotatable bonds is 7. The van der Waals surface area contributed by atoms with E-state index in [1.165, 1.54) is 0 Å². The van der Waals surface area contributed by atoms with Gasteiger partial charge in [0.05, 0.1) is 0 Å². The zero-order valence-electron chi connectivity index (χ0n) is 11.7. The molecule has 6 heteroatoms. The molecule has 0 aliphatic heterocycles. The first kappa shape index (κ1) is 14.5. The molecule has 102 valence electrons. The fraction of sp³-hybridized carbons (Fsp3) is 0.667. The van der Waals surface area contributed by atoms with Crippen LogP contribution in [-0.4, -0.2) is 47.6 Å². The number of aromatic nitrogens is 2. The van der Waals surface area contributed by atoms with E-state index in [1.54, 1.807) is 0 Å². The van der Waals surface area contributed by atoms with E-state index in [2.05, 4.69) is 46.3 Å². The second kappa shape index (κ2) is 7.00. The van der Waals surface area contributed by atoms with Gasteiger partial charge in [-0.25, -0.2) is 0 Å². The summed E-state index contributed by atoms with van der Waals surface area (Å²) < 4.78 is 0. The lowest BCUT2D eigenvalue weighted by molar-refractivity contribution is 0.294. The number of hydrogen-bond acceptors (Lipinski definition) is 6. The molecule has 0 fully saturated rings. The van der Waals surface area contributed by atoms with Crippen molar-refractivity contribution >= 4 is 17.6 Å². The number of anilines is 3. The van der Waals surface area contributed by atoms with Gasteiger partial charge in [0, 0.05) is 25.7 Å². The smallest absolute Gasteiger partial charge is 0.223 e. The molecule has 1 rings (SSSR count). The van der Waals surface area contributed by atoms with Crippen LogP contribution in [0.25, 0.3) is 0 Å². The van der Waals surface area contributed by atoms with Crippen LogP contribution in [0.15, 0.2) is 6.07 Å². The van der Waals surface area contributed by atoms with Crippen molar-refractivity contribution in [3.05, 3.63) is 6.07 Å². The molecule has 0 saturated carbocycles. The zero-order valence-corrected chi connectivity index (χ0v) is 11.7. The van der Waals surface area contributed by atoms with Gasteiger partial charge in [-0.1, -0.05) is 13.8 Å². The SMILES string of the molecule is CCN(CC)CC(C)Nc1cc(NC)nc(N)n1. The number of nitrogen functional groups attached to an aromatic ring is 1. The number of nitrogens with two attached hydrogens (primary N) is 1. The van der Waals surface area contributed by atoms with Gasteiger partial charge in [0.15, 0.2) is 0 Å². The Balaban J connectivity index is 2.63. The predicted octanol–water partition coefficient (Wildman–Crippen LogP) is 1.24. The minimum absolute atomic E-state index is 0.277. The Hall–Kier alpha value is -1.56. The van der Waals surface area contributed by atoms with Gasteiger partial charge in [-0.05, 0) is 20.0 Å². The van der Waals surface area contributed by atoms with Crippen molar-refractivity contribution in [1.29, 1.82) is 0 Å². The van der Waals surface area contributed by atoms with E-state index < -0.39 is 0 Å². The highest BCUT2D eigenvalue weighted by atomic mass is 15.2. The molecule has 1 heterocycles. The van der Waals surface area contributed by atoms with Crippen molar-refractivity contribution in [2.45, 2.75) is 26.8 Å². The van der Waals surface area contributed by atoms with Gasteiger partial charge in [0.1, 0.15) is 11.6 Å². The topological polar surface area (TPSA) is 79.1 Å². The van der Waals surface area contributed by atoms with Crippen LogP contribution >= 0.6 is 0 Å². The van der Waals surface area contributed by atoms with Crippen LogP contribution < -0.4 is 16.4 Å². The summed E-state index contributed by atoms with van der Waals surface area (Å²) in [6.45, 7) is 9.55. The van der Waals surface area contributed by atoms with Crippen molar-refractivity contribution in [1.82, 2.24) is 14.9 Å². The van der Waals surface area contributed by atoms with E-state index in [4.69, 9.17) is 5.73 Å². The molecule has 0 spiro atoms. The third kappa shape index (κ3) is 4.37. The Morgan fingerprint density at radius 3 is 2.44 bits per heavy atom. The highest BCUT2D eigenvalue weighted by molar-refractivity contribution is 5.51. The van der Waals surface area contributed by atoms with Crippen LogP contribution in [0.5, 0.6) is 0 Å². The first-order valence-electron chi connectivity index (χ1n) is 6.40. The van der Waals surface area contributed by atoms with Crippen molar-refractivity contribution < 1.29 is 0 Å². The van der Waals surface area contributed by atoms with Crippen molar-refractivity contribution in [2.75, 3.05) is 43.0 Å². The third-order valence-electron chi connectivity index (χ3n) is 2.82. The van der Waals surface area contributed by atoms with E-state index >= 15 is 0 Å². The number of nitrogens with one attached hydrogen (secondary N) is 2. The summed E-state index contributed by atoms with van der Waals surface area (Å²) in [6, 6.07) is 2.17. The van der Waals surface area contributed by atoms with E-state index in [-0.39, 0.29) is 5.95 Å². The van der Waals surface area contributed by atoms with E-state index in [9.17, 15) is 0 Å². The lowest BCUT2D eigenvalue weighted by Gasteiger charge is -2.23. The number of likely N-dealkylation sites (N-methyl/N-ethyl adjacent to an activating group) is 1. The zero-order chi connectivity index (χ0) is 13.5. The van der Waals surface area contributed by atoms with Crippen LogP contribution in [0.4, 0.5) is 17.6 Å². The average molecular weight is 252 g/mol. The summed E-state index contributed by atoms with van der Waals surface area (Å²) in [5.41, 5.74) is 5.65. The van der Waals surface area contributed by atoms with Crippen molar-refractivity contribution in [2.24, 2.45) is 0 Å². The monoisotopic (exact) mass is 252 g/mol. The Bertz CT molecular complexity index is 364. The van der Waals surface area contributed by atoms with E-state index in [0.29, 0.717) is 6.04 Å². The molecule has 1 unspecified atom stereocenters. The average Bonchev–Trinajstić information content (AvgIpc) is 2.35. The number of hydrogen-bond donors (Lipinski definition) is 3. The van der Waals surface area contributed by atoms with Gasteiger partial charge < -0.3 is 21.3 Å². The first-order chi connectivity index (χ1) is 8.58. The van der Waals surface area contributed by atoms with Gasteiger partial charge in [-0.2, -0.15) is 9.97 Å². The van der Waals surface area contributed by atoms with Gasteiger partial charge in [0.2, 0.25) is 5.95 Å². The van der Waals surface area contributed by atoms with Crippen LogP contribution in [0, 0.1) is 0 Å². The van der Waals surface area contributed by atoms with Crippen LogP contribution in [0.3, 0.4) is 0 Å². The molecule has 0 aliphatic rings. The van der Waals surface area contributed by atoms with Gasteiger partial charge in [-0.3, -0.25) is 0 Å². The fourth-order valence-electron chi connectivity index (χ4n) is 1.84. The van der Waals surface area contributed by atoms with Crippen molar-refractivity contribution in [3.8, 4) is 0 Å². The highest BCUT2D eigenvalue weighted by Gasteiger charge is 2.09. The van der Waals surface area contributed by atoms with E-state index in [0.717, 1.165) is 31.3 Å². The Kier molecular flexibility index (Phi) is 5.64. The highest BCUT2D eigenvalue weighted by Crippen LogP contribution is 2.13. The Morgan fingerprint density at radius 1 is 1.28 bits per heavy atom. The maximum atomic E-state index is 5.65. The molecule has 0 aliphatic carbocycles. The predicted molar refractivity (Wildman–Crippen MR) is 76.9 cm³/mol. The molecule has 18 heavy (non-hydrogen) atoms. The van der Waals surface area contributed by atoms with Gasteiger partial charge in [0.25, 0.3) is 0 Å². The molecule has 6 nitrogen and oxygen atoms in total. The summed E-state index contributed by atoms with van der Waals surface area (Å²) in [5, 5.41) is 6.31. The largest absolute Gasteiger partial charge is 0.373 e. The summed E-state index contributed by atoms with van der Waals surface area (Å²) in [4.78, 5) is 10.6. The molecule has 0 radical (unpaired) electrons. The molecular weight excluding hydrogens is 228 g/mol. The third-order valence-corrected chi connectivity index (χ3v) is 2.82. The summed E-state index contributed by atoms with van der Waals surface area (Å²) in [7, 11) is 1.81. The van der Waals surface area contributed by atoms with Gasteiger partial charge >= 0.3 is 0 Å². The van der Waals surface area contributed by atoms with Crippen LogP contribution in [-0.2, 0) is 0 Å². The van der Waals surface area contributed by atoms with Crippen LogP contribution in [0.1, 0.15) is 20.8 Å². The number of nitrogens with zero attached hydrogens (tertiary/aromatic N) is 3. The summed E-state index contributed by atoms with van der Waals surface area (Å²) >= 11 is 0. The minimum Gasteiger partial charge on any atom is -0.373 e. The normalized spacial score (nSPS) is 12.5. The van der Waals surface area contributed by atoms with E-state index in [1.807, 2.05) is 13.1 Å². The molecule has 0 amide bonds. The fourth-order valence-corrected chi connectivity index (χ4v) is 1.84. The second-order valence-corrected chi connectivity index (χ2v) is 4.28. The molecule has 1 aromatic rings. The molecule has 1 atom stereocenters. The molecule has 1 aromatic heterocycles. The van der Waals surface area contributed by atoms with Crippen molar-refractivity contribution in [3.63, 3.8) is 0 Å². The summed E-state index contributed by atoms with van der Waals surface area (Å²) in [6.07, 6.45) is 0. The Labute approximate surface area is 109 Å². The summed E-state index contributed by atoms with van der Waals surface area (Å²) in [5.74, 6) is 1.76. The van der Waals surface area contributed by atoms with Crippen LogP contribution in [0.2, 0.25) is 0 Å². The molecular formula is C12H24N6. The minimum atomic E-state index is 0.277. The lowest BCUT2D eigenvalue weighted by atomic mass is 10.3. The molecule has 0 saturated heterocycles.